The zero-order valence-corrected chi connectivity index (χ0v) is 12.1. The van der Waals surface area contributed by atoms with Crippen LogP contribution in [0.15, 0.2) is 30.3 Å². The average molecular weight is 293 g/mol. The summed E-state index contributed by atoms with van der Waals surface area (Å²) >= 11 is 1.67. The second-order valence-electron chi connectivity index (χ2n) is 4.90. The van der Waals surface area contributed by atoms with E-state index in [0.717, 1.165) is 30.6 Å². The van der Waals surface area contributed by atoms with Crippen molar-refractivity contribution in [2.24, 2.45) is 0 Å². The number of hydrogen-bond donors (Lipinski definition) is 2. The van der Waals surface area contributed by atoms with E-state index < -0.39 is 11.9 Å². The first-order chi connectivity index (χ1) is 9.68. The molecule has 0 spiro atoms. The summed E-state index contributed by atoms with van der Waals surface area (Å²) in [5, 5.41) is 12.1. The normalized spacial score (nSPS) is 20.1. The third kappa shape index (κ3) is 4.00. The van der Waals surface area contributed by atoms with Gasteiger partial charge in [-0.25, -0.2) is 0 Å². The summed E-state index contributed by atoms with van der Waals surface area (Å²) in [7, 11) is 0. The molecule has 0 aliphatic carbocycles. The lowest BCUT2D eigenvalue weighted by Crippen LogP contribution is -2.38. The molecule has 1 heterocycles. The molecule has 4 nitrogen and oxygen atoms in total. The van der Waals surface area contributed by atoms with Crippen molar-refractivity contribution in [2.75, 3.05) is 12.3 Å². The minimum absolute atomic E-state index is 0.0195. The van der Waals surface area contributed by atoms with Crippen molar-refractivity contribution < 1.29 is 14.7 Å². The molecule has 5 heteroatoms. The van der Waals surface area contributed by atoms with Gasteiger partial charge in [0.15, 0.2) is 0 Å². The van der Waals surface area contributed by atoms with Crippen LogP contribution < -0.4 is 5.32 Å². The Kier molecular flexibility index (Phi) is 5.47. The van der Waals surface area contributed by atoms with Gasteiger partial charge in [0.1, 0.15) is 0 Å². The predicted octanol–water partition coefficient (Wildman–Crippen LogP) is 2.26. The van der Waals surface area contributed by atoms with Crippen LogP contribution in [0.3, 0.4) is 0 Å². The highest BCUT2D eigenvalue weighted by Crippen LogP contribution is 2.25. The Morgan fingerprint density at radius 2 is 2.05 bits per heavy atom. The summed E-state index contributed by atoms with van der Waals surface area (Å²) in [5.74, 6) is -0.613. The highest BCUT2D eigenvalue weighted by Gasteiger charge is 2.25. The minimum atomic E-state index is -0.909. The van der Waals surface area contributed by atoms with Crippen LogP contribution in [0.5, 0.6) is 0 Å². The number of aliphatic carboxylic acids is 1. The smallest absolute Gasteiger partial charge is 0.312 e. The Labute approximate surface area is 123 Å². The molecule has 1 fully saturated rings. The molecule has 2 atom stereocenters. The van der Waals surface area contributed by atoms with E-state index in [-0.39, 0.29) is 17.7 Å². The van der Waals surface area contributed by atoms with Crippen molar-refractivity contribution in [2.45, 2.75) is 30.4 Å². The molecule has 108 valence electrons. The monoisotopic (exact) mass is 293 g/mol. The van der Waals surface area contributed by atoms with Gasteiger partial charge < -0.3 is 10.4 Å². The van der Waals surface area contributed by atoms with Crippen molar-refractivity contribution in [3.8, 4) is 0 Å². The maximum atomic E-state index is 12.0. The summed E-state index contributed by atoms with van der Waals surface area (Å²) in [6.07, 6.45) is 3.13. The van der Waals surface area contributed by atoms with Crippen molar-refractivity contribution in [3.63, 3.8) is 0 Å². The minimum Gasteiger partial charge on any atom is -0.481 e. The van der Waals surface area contributed by atoms with Gasteiger partial charge in [-0.2, -0.15) is 0 Å². The topological polar surface area (TPSA) is 66.4 Å². The number of amides is 1. The van der Waals surface area contributed by atoms with Crippen LogP contribution in [0.4, 0.5) is 0 Å². The second kappa shape index (κ2) is 7.33. The van der Waals surface area contributed by atoms with E-state index in [1.165, 1.54) is 0 Å². The molecular weight excluding hydrogens is 274 g/mol. The number of benzene rings is 1. The van der Waals surface area contributed by atoms with Crippen molar-refractivity contribution in [3.05, 3.63) is 35.9 Å². The lowest BCUT2D eigenvalue weighted by molar-refractivity contribution is -0.138. The molecule has 0 radical (unpaired) electrons. The number of thioether (sulfide) groups is 1. The molecule has 0 bridgehead atoms. The molecule has 0 saturated carbocycles. The van der Waals surface area contributed by atoms with Gasteiger partial charge >= 0.3 is 5.97 Å². The summed E-state index contributed by atoms with van der Waals surface area (Å²) in [5.41, 5.74) is 0.719. The molecule has 20 heavy (non-hydrogen) atoms. The number of carbonyl (C=O) groups is 2. The van der Waals surface area contributed by atoms with E-state index in [1.54, 1.807) is 23.9 Å². The van der Waals surface area contributed by atoms with Crippen LogP contribution in [-0.2, 0) is 9.59 Å². The number of carboxylic acid groups (broad SMARTS) is 1. The van der Waals surface area contributed by atoms with Crippen LogP contribution in [0.25, 0.3) is 0 Å². The van der Waals surface area contributed by atoms with Gasteiger partial charge in [-0.05, 0) is 24.2 Å². The van der Waals surface area contributed by atoms with Crippen molar-refractivity contribution in [1.29, 1.82) is 0 Å². The van der Waals surface area contributed by atoms with E-state index in [4.69, 9.17) is 0 Å². The maximum absolute atomic E-state index is 12.0. The first-order valence-electron chi connectivity index (χ1n) is 6.85. The zero-order valence-electron chi connectivity index (χ0n) is 11.2. The third-order valence-electron chi connectivity index (χ3n) is 3.45. The Morgan fingerprint density at radius 3 is 2.65 bits per heavy atom. The Hall–Kier alpha value is -1.49. The largest absolute Gasteiger partial charge is 0.481 e. The summed E-state index contributed by atoms with van der Waals surface area (Å²) < 4.78 is 0. The predicted molar refractivity (Wildman–Crippen MR) is 79.9 cm³/mol. The second-order valence-corrected chi connectivity index (χ2v) is 6.21. The van der Waals surface area contributed by atoms with Gasteiger partial charge in [-0.3, -0.25) is 9.59 Å². The number of nitrogens with one attached hydrogen (secondary N) is 1. The average Bonchev–Trinajstić information content (AvgIpc) is 2.49. The molecule has 0 aromatic heterocycles. The Bertz CT molecular complexity index is 457. The van der Waals surface area contributed by atoms with Crippen LogP contribution in [0.2, 0.25) is 0 Å². The highest BCUT2D eigenvalue weighted by molar-refractivity contribution is 8.00. The van der Waals surface area contributed by atoms with E-state index in [9.17, 15) is 14.7 Å². The molecule has 2 unspecified atom stereocenters. The Morgan fingerprint density at radius 1 is 1.30 bits per heavy atom. The Balaban J connectivity index is 1.92. The summed E-state index contributed by atoms with van der Waals surface area (Å²) in [4.78, 5) is 23.4. The third-order valence-corrected chi connectivity index (χ3v) is 4.83. The number of rotatable bonds is 5. The summed E-state index contributed by atoms with van der Waals surface area (Å²) in [6.45, 7) is 0.148. The maximum Gasteiger partial charge on any atom is 0.312 e. The van der Waals surface area contributed by atoms with Crippen LogP contribution in [-0.4, -0.2) is 34.5 Å². The summed E-state index contributed by atoms with van der Waals surface area (Å²) in [6, 6.07) is 9.02. The van der Waals surface area contributed by atoms with Gasteiger partial charge in [-0.15, -0.1) is 11.8 Å². The quantitative estimate of drug-likeness (QED) is 0.874. The van der Waals surface area contributed by atoms with Gasteiger partial charge in [0.2, 0.25) is 5.91 Å². The molecule has 1 aromatic carbocycles. The van der Waals surface area contributed by atoms with Crippen molar-refractivity contribution in [1.82, 2.24) is 5.32 Å². The molecule has 2 rings (SSSR count). The zero-order chi connectivity index (χ0) is 14.4. The number of carboxylic acids is 1. The van der Waals surface area contributed by atoms with Crippen LogP contribution >= 0.6 is 11.8 Å². The SMILES string of the molecule is O=C(NCC(C(=O)O)c1ccccc1)C1CCCCS1. The van der Waals surface area contributed by atoms with Crippen LogP contribution in [0.1, 0.15) is 30.7 Å². The molecule has 2 N–H and O–H groups in total. The van der Waals surface area contributed by atoms with E-state index in [2.05, 4.69) is 5.32 Å². The fraction of sp³-hybridized carbons (Fsp3) is 0.467. The molecule has 1 aliphatic heterocycles. The standard InChI is InChI=1S/C15H19NO3S/c17-14(13-8-4-5-9-20-13)16-10-12(15(18)19)11-6-2-1-3-7-11/h1-3,6-7,12-13H,4-5,8-10H2,(H,16,17)(H,18,19). The van der Waals surface area contributed by atoms with Crippen molar-refractivity contribution >= 4 is 23.6 Å². The molecule has 1 saturated heterocycles. The first kappa shape index (κ1) is 14.9. The first-order valence-corrected chi connectivity index (χ1v) is 7.90. The lowest BCUT2D eigenvalue weighted by atomic mass is 9.99. The van der Waals surface area contributed by atoms with Gasteiger partial charge in [0.05, 0.1) is 11.2 Å². The number of carbonyl (C=O) groups excluding carboxylic acids is 1. The fourth-order valence-corrected chi connectivity index (χ4v) is 3.52. The van der Waals surface area contributed by atoms with E-state index >= 15 is 0 Å². The molecule has 1 amide bonds. The van der Waals surface area contributed by atoms with Crippen LogP contribution in [0, 0.1) is 0 Å². The molecular formula is C15H19NO3S. The van der Waals surface area contributed by atoms with Gasteiger partial charge in [0.25, 0.3) is 0 Å². The number of hydrogen-bond acceptors (Lipinski definition) is 3. The van der Waals surface area contributed by atoms with E-state index in [0.29, 0.717) is 0 Å². The van der Waals surface area contributed by atoms with E-state index in [1.807, 2.05) is 18.2 Å². The molecule has 1 aliphatic rings. The highest BCUT2D eigenvalue weighted by atomic mass is 32.2. The fourth-order valence-electron chi connectivity index (χ4n) is 2.30. The lowest BCUT2D eigenvalue weighted by Gasteiger charge is -2.21. The molecule has 1 aromatic rings. The van der Waals surface area contributed by atoms with Gasteiger partial charge in [0, 0.05) is 6.54 Å². The van der Waals surface area contributed by atoms with Gasteiger partial charge in [-0.1, -0.05) is 36.8 Å².